The number of hydrogen-bond donors (Lipinski definition) is 1. The summed E-state index contributed by atoms with van der Waals surface area (Å²) in [5.74, 6) is -0.0281. The van der Waals surface area contributed by atoms with Crippen LogP contribution in [0.5, 0.6) is 0 Å². The van der Waals surface area contributed by atoms with Gasteiger partial charge in [0.1, 0.15) is 0 Å². The van der Waals surface area contributed by atoms with E-state index in [1.807, 2.05) is 41.8 Å². The molecule has 0 bridgehead atoms. The molecule has 0 unspecified atom stereocenters. The Morgan fingerprint density at radius 1 is 0.958 bits per heavy atom. The minimum absolute atomic E-state index is 0.0281. The molecule has 1 aromatic heterocycles. The number of nitrogens with one attached hydrogen (secondary N) is 1. The van der Waals surface area contributed by atoms with Gasteiger partial charge in [-0.1, -0.05) is 30.3 Å². The highest BCUT2D eigenvalue weighted by Gasteiger charge is 2.18. The van der Waals surface area contributed by atoms with E-state index >= 15 is 0 Å². The molecule has 1 aliphatic heterocycles. The summed E-state index contributed by atoms with van der Waals surface area (Å²) in [5.41, 5.74) is 4.62. The number of nitrogens with zero attached hydrogens (tertiary/aromatic N) is 1. The summed E-state index contributed by atoms with van der Waals surface area (Å²) in [7, 11) is 0. The number of hydrogen-bond acceptors (Lipinski definition) is 3. The van der Waals surface area contributed by atoms with Crippen molar-refractivity contribution in [3.63, 3.8) is 0 Å². The Morgan fingerprint density at radius 3 is 2.29 bits per heavy atom. The highest BCUT2D eigenvalue weighted by atomic mass is 32.1. The number of benzene rings is 2. The molecule has 2 heterocycles. The first-order valence-corrected chi connectivity index (χ1v) is 8.90. The molecule has 0 aliphatic carbocycles. The van der Waals surface area contributed by atoms with Crippen LogP contribution in [0.3, 0.4) is 0 Å². The monoisotopic (exact) mass is 334 g/mol. The third-order valence-electron chi connectivity index (χ3n) is 4.34. The van der Waals surface area contributed by atoms with Crippen LogP contribution in [-0.2, 0) is 19.6 Å². The SMILES string of the molecule is O=C(NCc1cccs1)c1ccc(N2Cc3ccccc3C2)cc1. The van der Waals surface area contributed by atoms with E-state index < -0.39 is 0 Å². The first kappa shape index (κ1) is 15.0. The summed E-state index contributed by atoms with van der Waals surface area (Å²) in [4.78, 5) is 15.7. The second-order valence-electron chi connectivity index (χ2n) is 5.93. The van der Waals surface area contributed by atoms with Gasteiger partial charge in [0.2, 0.25) is 0 Å². The number of anilines is 1. The van der Waals surface area contributed by atoms with Crippen molar-refractivity contribution in [3.05, 3.63) is 87.6 Å². The summed E-state index contributed by atoms with van der Waals surface area (Å²) >= 11 is 1.65. The van der Waals surface area contributed by atoms with Crippen molar-refractivity contribution in [3.8, 4) is 0 Å². The number of carbonyl (C=O) groups is 1. The Bertz CT molecular complexity index is 815. The van der Waals surface area contributed by atoms with Crippen molar-refractivity contribution in [1.29, 1.82) is 0 Å². The van der Waals surface area contributed by atoms with E-state index in [4.69, 9.17) is 0 Å². The van der Waals surface area contributed by atoms with Gasteiger partial charge in [-0.2, -0.15) is 0 Å². The Hall–Kier alpha value is -2.59. The average Bonchev–Trinajstić information content (AvgIpc) is 3.29. The lowest BCUT2D eigenvalue weighted by atomic mass is 10.1. The van der Waals surface area contributed by atoms with Crippen molar-refractivity contribution in [2.45, 2.75) is 19.6 Å². The van der Waals surface area contributed by atoms with Gasteiger partial charge in [0.25, 0.3) is 5.91 Å². The quantitative estimate of drug-likeness (QED) is 0.775. The molecule has 0 saturated heterocycles. The van der Waals surface area contributed by atoms with Crippen LogP contribution in [-0.4, -0.2) is 5.91 Å². The minimum atomic E-state index is -0.0281. The van der Waals surface area contributed by atoms with Crippen molar-refractivity contribution in [1.82, 2.24) is 5.32 Å². The van der Waals surface area contributed by atoms with Crippen LogP contribution in [0.25, 0.3) is 0 Å². The van der Waals surface area contributed by atoms with Crippen LogP contribution in [0.2, 0.25) is 0 Å². The zero-order chi connectivity index (χ0) is 16.4. The van der Waals surface area contributed by atoms with Crippen LogP contribution in [0, 0.1) is 0 Å². The van der Waals surface area contributed by atoms with Crippen LogP contribution < -0.4 is 10.2 Å². The average molecular weight is 334 g/mol. The van der Waals surface area contributed by atoms with Gasteiger partial charge in [-0.05, 0) is 46.8 Å². The van der Waals surface area contributed by atoms with Crippen LogP contribution in [0.4, 0.5) is 5.69 Å². The molecule has 0 fully saturated rings. The number of fused-ring (bicyclic) bond motifs is 1. The maximum atomic E-state index is 12.2. The standard InChI is InChI=1S/C20H18N2OS/c23-20(21-12-19-6-3-11-24-19)15-7-9-18(10-8-15)22-13-16-4-1-2-5-17(16)14-22/h1-11H,12-14H2,(H,21,23). The van der Waals surface area contributed by atoms with E-state index in [0.29, 0.717) is 12.1 Å². The van der Waals surface area contributed by atoms with Gasteiger partial charge >= 0.3 is 0 Å². The highest BCUT2D eigenvalue weighted by molar-refractivity contribution is 7.09. The smallest absolute Gasteiger partial charge is 0.251 e. The van der Waals surface area contributed by atoms with E-state index in [-0.39, 0.29) is 5.91 Å². The van der Waals surface area contributed by atoms with Gasteiger partial charge < -0.3 is 10.2 Å². The van der Waals surface area contributed by atoms with Crippen molar-refractivity contribution in [2.24, 2.45) is 0 Å². The fraction of sp³-hybridized carbons (Fsp3) is 0.150. The molecule has 4 rings (SSSR count). The molecule has 0 spiro atoms. The minimum Gasteiger partial charge on any atom is -0.363 e. The lowest BCUT2D eigenvalue weighted by Gasteiger charge is -2.18. The molecule has 1 N–H and O–H groups in total. The molecule has 2 aromatic carbocycles. The highest BCUT2D eigenvalue weighted by Crippen LogP contribution is 2.28. The summed E-state index contributed by atoms with van der Waals surface area (Å²) in [5, 5.41) is 4.98. The van der Waals surface area contributed by atoms with E-state index in [2.05, 4.69) is 34.5 Å². The van der Waals surface area contributed by atoms with Gasteiger partial charge in [0.05, 0.1) is 6.54 Å². The molecule has 3 aromatic rings. The zero-order valence-electron chi connectivity index (χ0n) is 13.2. The first-order chi connectivity index (χ1) is 11.8. The predicted octanol–water partition coefficient (Wildman–Crippen LogP) is 4.20. The van der Waals surface area contributed by atoms with Gasteiger partial charge in [0.15, 0.2) is 0 Å². The van der Waals surface area contributed by atoms with Gasteiger partial charge in [-0.3, -0.25) is 4.79 Å². The Kier molecular flexibility index (Phi) is 4.05. The van der Waals surface area contributed by atoms with Crippen LogP contribution >= 0.6 is 11.3 Å². The Balaban J connectivity index is 1.41. The lowest BCUT2D eigenvalue weighted by Crippen LogP contribution is -2.22. The summed E-state index contributed by atoms with van der Waals surface area (Å²) < 4.78 is 0. The number of amides is 1. The molecular formula is C20H18N2OS. The molecule has 120 valence electrons. The Labute approximate surface area is 145 Å². The molecule has 3 nitrogen and oxygen atoms in total. The molecule has 24 heavy (non-hydrogen) atoms. The molecular weight excluding hydrogens is 316 g/mol. The molecule has 4 heteroatoms. The zero-order valence-corrected chi connectivity index (χ0v) is 14.1. The normalized spacial score (nSPS) is 12.9. The summed E-state index contributed by atoms with van der Waals surface area (Å²) in [6.45, 7) is 2.44. The molecule has 1 aliphatic rings. The maximum absolute atomic E-state index is 12.2. The van der Waals surface area contributed by atoms with Crippen molar-refractivity contribution < 1.29 is 4.79 Å². The molecule has 0 radical (unpaired) electrons. The third kappa shape index (κ3) is 3.05. The largest absolute Gasteiger partial charge is 0.363 e. The van der Waals surface area contributed by atoms with Crippen LogP contribution in [0.15, 0.2) is 66.0 Å². The van der Waals surface area contributed by atoms with Crippen molar-refractivity contribution in [2.75, 3.05) is 4.90 Å². The number of carbonyl (C=O) groups excluding carboxylic acids is 1. The number of thiophene rings is 1. The summed E-state index contributed by atoms with van der Waals surface area (Å²) in [6.07, 6.45) is 0. The second-order valence-corrected chi connectivity index (χ2v) is 6.97. The van der Waals surface area contributed by atoms with Gasteiger partial charge in [-0.25, -0.2) is 0 Å². The topological polar surface area (TPSA) is 32.3 Å². The molecule has 1 amide bonds. The van der Waals surface area contributed by atoms with E-state index in [9.17, 15) is 4.79 Å². The summed E-state index contributed by atoms with van der Waals surface area (Å²) in [6, 6.07) is 20.4. The molecule has 0 atom stereocenters. The fourth-order valence-corrected chi connectivity index (χ4v) is 3.67. The lowest BCUT2D eigenvalue weighted by molar-refractivity contribution is 0.0951. The first-order valence-electron chi connectivity index (χ1n) is 8.02. The number of rotatable bonds is 4. The van der Waals surface area contributed by atoms with Crippen LogP contribution in [0.1, 0.15) is 26.4 Å². The van der Waals surface area contributed by atoms with Gasteiger partial charge in [-0.15, -0.1) is 11.3 Å². The second kappa shape index (κ2) is 6.49. The Morgan fingerprint density at radius 2 is 1.67 bits per heavy atom. The maximum Gasteiger partial charge on any atom is 0.251 e. The van der Waals surface area contributed by atoms with E-state index in [1.165, 1.54) is 11.1 Å². The van der Waals surface area contributed by atoms with E-state index in [1.54, 1.807) is 11.3 Å². The predicted molar refractivity (Wildman–Crippen MR) is 98.3 cm³/mol. The molecule has 0 saturated carbocycles. The van der Waals surface area contributed by atoms with Gasteiger partial charge in [0, 0.05) is 29.2 Å². The fourth-order valence-electron chi connectivity index (χ4n) is 3.02. The third-order valence-corrected chi connectivity index (χ3v) is 5.22. The van der Waals surface area contributed by atoms with Crippen molar-refractivity contribution >= 4 is 22.9 Å². The van der Waals surface area contributed by atoms with E-state index in [0.717, 1.165) is 23.7 Å².